The number of ketones is 1. The predicted molar refractivity (Wildman–Crippen MR) is 198 cm³/mol. The van der Waals surface area contributed by atoms with Gasteiger partial charge in [0.2, 0.25) is 0 Å². The number of aromatic carboxylic acids is 1. The zero-order chi connectivity index (χ0) is 36.0. The van der Waals surface area contributed by atoms with Crippen LogP contribution in [-0.2, 0) is 16.0 Å². The summed E-state index contributed by atoms with van der Waals surface area (Å²) < 4.78 is 0. The summed E-state index contributed by atoms with van der Waals surface area (Å²) in [6.07, 6.45) is 1.13. The van der Waals surface area contributed by atoms with E-state index in [1.807, 2.05) is 66.7 Å². The van der Waals surface area contributed by atoms with E-state index in [2.05, 4.69) is 0 Å². The quantitative estimate of drug-likeness (QED) is 0.105. The van der Waals surface area contributed by atoms with Gasteiger partial charge in [-0.15, -0.1) is 0 Å². The van der Waals surface area contributed by atoms with E-state index in [0.717, 1.165) is 21.9 Å². The van der Waals surface area contributed by atoms with E-state index in [0.29, 0.717) is 49.1 Å². The Morgan fingerprint density at radius 2 is 1.41 bits per heavy atom. The summed E-state index contributed by atoms with van der Waals surface area (Å²) in [5.74, 6) is -3.93. The molecule has 0 atom stereocenters. The van der Waals surface area contributed by atoms with Crippen molar-refractivity contribution in [1.29, 1.82) is 0 Å². The van der Waals surface area contributed by atoms with Gasteiger partial charge in [-0.3, -0.25) is 4.79 Å². The molecular formula is C42H31N3O6. The third-order valence-corrected chi connectivity index (χ3v) is 9.16. The molecule has 0 aromatic heterocycles. The van der Waals surface area contributed by atoms with Crippen molar-refractivity contribution < 1.29 is 29.7 Å². The lowest BCUT2D eigenvalue weighted by atomic mass is 9.85. The number of nitrogens with two attached hydrogens (primary N) is 3. The molecule has 0 radical (unpaired) electrons. The molecule has 0 amide bonds. The topological polar surface area (TPSA) is 190 Å². The molecule has 1 aliphatic carbocycles. The molecule has 0 spiro atoms. The van der Waals surface area contributed by atoms with E-state index >= 15 is 0 Å². The molecule has 0 saturated carbocycles. The third-order valence-electron chi connectivity index (χ3n) is 9.16. The van der Waals surface area contributed by atoms with Crippen molar-refractivity contribution in [2.75, 3.05) is 17.2 Å². The van der Waals surface area contributed by atoms with E-state index in [1.54, 1.807) is 42.5 Å². The molecule has 51 heavy (non-hydrogen) atoms. The van der Waals surface area contributed by atoms with Gasteiger partial charge in [0.1, 0.15) is 16.9 Å². The molecule has 0 unspecified atom stereocenters. The van der Waals surface area contributed by atoms with Crippen LogP contribution in [-0.4, -0.2) is 33.0 Å². The first-order valence-corrected chi connectivity index (χ1v) is 16.0. The van der Waals surface area contributed by atoms with Gasteiger partial charge in [-0.2, -0.15) is 0 Å². The second kappa shape index (κ2) is 12.7. The highest BCUT2D eigenvalue weighted by Gasteiger charge is 2.28. The number of anilines is 3. The highest BCUT2D eigenvalue weighted by Crippen LogP contribution is 2.35. The van der Waals surface area contributed by atoms with Crippen molar-refractivity contribution in [3.8, 4) is 5.75 Å². The van der Waals surface area contributed by atoms with Gasteiger partial charge in [0.15, 0.2) is 5.78 Å². The number of benzene rings is 6. The lowest BCUT2D eigenvalue weighted by Crippen LogP contribution is -2.27. The van der Waals surface area contributed by atoms with Crippen LogP contribution < -0.4 is 27.6 Å². The summed E-state index contributed by atoms with van der Waals surface area (Å²) in [4.78, 5) is 38.0. The number of carboxylic acids is 2. The van der Waals surface area contributed by atoms with E-state index in [1.165, 1.54) is 12.1 Å². The number of aromatic hydroxyl groups is 1. The SMILES string of the molecule is Nc1ccc(C(c2cccc(N)c2)=c2ccc(=c3ccc4c(c3)C=C(C(=O)O)C(=O)C=4Cc3c(O)c(C(=O)O)cc4ccccc34)c(N)c2)cc1. The molecule has 0 heterocycles. The summed E-state index contributed by atoms with van der Waals surface area (Å²) in [5, 5.41) is 34.7. The summed E-state index contributed by atoms with van der Waals surface area (Å²) >= 11 is 0. The van der Waals surface area contributed by atoms with Gasteiger partial charge in [0, 0.05) is 39.8 Å². The average Bonchev–Trinajstić information content (AvgIpc) is 3.10. The van der Waals surface area contributed by atoms with Crippen molar-refractivity contribution in [2.45, 2.75) is 6.42 Å². The molecule has 1 aliphatic rings. The number of hydrogen-bond donors (Lipinski definition) is 6. The van der Waals surface area contributed by atoms with Crippen molar-refractivity contribution >= 4 is 62.8 Å². The third kappa shape index (κ3) is 5.93. The number of nitrogen functional groups attached to an aromatic ring is 3. The Morgan fingerprint density at radius 3 is 2.12 bits per heavy atom. The number of phenols is 1. The maximum absolute atomic E-state index is 13.7. The van der Waals surface area contributed by atoms with Gasteiger partial charge in [-0.1, -0.05) is 72.8 Å². The predicted octanol–water partition coefficient (Wildman–Crippen LogP) is 4.97. The van der Waals surface area contributed by atoms with Gasteiger partial charge >= 0.3 is 11.9 Å². The highest BCUT2D eigenvalue weighted by molar-refractivity contribution is 6.37. The van der Waals surface area contributed by atoms with E-state index in [4.69, 9.17) is 17.2 Å². The second-order valence-corrected chi connectivity index (χ2v) is 12.4. The highest BCUT2D eigenvalue weighted by atomic mass is 16.4. The van der Waals surface area contributed by atoms with Crippen LogP contribution in [0.2, 0.25) is 0 Å². The van der Waals surface area contributed by atoms with Crippen LogP contribution >= 0.6 is 0 Å². The number of carboxylic acid groups (broad SMARTS) is 2. The normalized spacial score (nSPS) is 13.8. The van der Waals surface area contributed by atoms with Crippen molar-refractivity contribution in [3.63, 3.8) is 0 Å². The molecular weight excluding hydrogens is 642 g/mol. The van der Waals surface area contributed by atoms with Crippen LogP contribution in [0.5, 0.6) is 5.75 Å². The Bertz CT molecular complexity index is 2730. The molecule has 0 fully saturated rings. The first-order valence-electron chi connectivity index (χ1n) is 16.0. The Hall–Kier alpha value is -7.13. The summed E-state index contributed by atoms with van der Waals surface area (Å²) in [6.45, 7) is 0. The Kier molecular flexibility index (Phi) is 8.08. The van der Waals surface area contributed by atoms with E-state index in [-0.39, 0.29) is 23.1 Å². The molecule has 6 aromatic rings. The number of Topliss-reactive ketones (excluding diaryl/α,β-unsaturated/α-hetero) is 1. The fourth-order valence-electron chi connectivity index (χ4n) is 6.72. The number of carbonyl (C=O) groups is 3. The van der Waals surface area contributed by atoms with Gasteiger partial charge < -0.3 is 32.5 Å². The van der Waals surface area contributed by atoms with Crippen LogP contribution in [0, 0.1) is 10.4 Å². The van der Waals surface area contributed by atoms with Crippen LogP contribution in [0.25, 0.3) is 28.0 Å². The fraction of sp³-hybridized carbons (Fsp3) is 0.0238. The van der Waals surface area contributed by atoms with E-state index in [9.17, 15) is 29.7 Å². The number of carbonyl (C=O) groups excluding carboxylic acids is 1. The average molecular weight is 674 g/mol. The standard InChI is InChI=1S/C42H31N3O6/c43-28-12-8-22(9-13-28)38(25-5-3-6-29(44)17-25)26-11-15-32(37(45)20-26)24-10-14-31-27(16-24)19-36(42(50)51)40(47)34(31)21-33-30-7-2-1-4-23(30)18-35(39(33)46)41(48)49/h1-20,46H,21,43-45H2,(H,48,49)(H,50,51). The minimum Gasteiger partial charge on any atom is -0.507 e. The zero-order valence-corrected chi connectivity index (χ0v) is 27.1. The van der Waals surface area contributed by atoms with Crippen molar-refractivity contribution in [3.05, 3.63) is 170 Å². The molecule has 9 heteroatoms. The zero-order valence-electron chi connectivity index (χ0n) is 27.1. The number of fused-ring (bicyclic) bond motifs is 2. The number of aliphatic carboxylic acids is 1. The minimum atomic E-state index is -1.40. The number of rotatable bonds is 6. The fourth-order valence-corrected chi connectivity index (χ4v) is 6.72. The summed E-state index contributed by atoms with van der Waals surface area (Å²) in [5.41, 5.74) is 23.3. The van der Waals surface area contributed by atoms with E-state index < -0.39 is 29.0 Å². The molecule has 9 N–H and O–H groups in total. The minimum absolute atomic E-state index is 0.118. The smallest absolute Gasteiger partial charge is 0.339 e. The molecule has 7 rings (SSSR count). The largest absolute Gasteiger partial charge is 0.507 e. The molecule has 0 aliphatic heterocycles. The van der Waals surface area contributed by atoms with Gasteiger partial charge in [0.05, 0.1) is 0 Å². The van der Waals surface area contributed by atoms with Crippen LogP contribution in [0.4, 0.5) is 17.1 Å². The Labute approximate surface area is 290 Å². The monoisotopic (exact) mass is 673 g/mol. The molecule has 9 nitrogen and oxygen atoms in total. The maximum Gasteiger partial charge on any atom is 0.339 e. The number of hydrogen-bond acceptors (Lipinski definition) is 7. The lowest BCUT2D eigenvalue weighted by Gasteiger charge is -2.17. The van der Waals surface area contributed by atoms with Crippen LogP contribution in [0.1, 0.15) is 32.6 Å². The molecule has 0 bridgehead atoms. The lowest BCUT2D eigenvalue weighted by molar-refractivity contribution is -0.133. The van der Waals surface area contributed by atoms with Gasteiger partial charge in [0.25, 0.3) is 0 Å². The first kappa shape index (κ1) is 32.4. The van der Waals surface area contributed by atoms with Crippen molar-refractivity contribution in [1.82, 2.24) is 0 Å². The summed E-state index contributed by atoms with van der Waals surface area (Å²) in [6, 6.07) is 34.3. The Balaban J connectivity index is 1.46. The van der Waals surface area contributed by atoms with Gasteiger partial charge in [-0.05, 0) is 97.2 Å². The second-order valence-electron chi connectivity index (χ2n) is 12.4. The van der Waals surface area contributed by atoms with Crippen LogP contribution in [0.3, 0.4) is 0 Å². The Morgan fingerprint density at radius 1 is 0.667 bits per heavy atom. The van der Waals surface area contributed by atoms with Crippen LogP contribution in [0.15, 0.2) is 121 Å². The summed E-state index contributed by atoms with van der Waals surface area (Å²) in [7, 11) is 0. The maximum atomic E-state index is 13.7. The van der Waals surface area contributed by atoms with Crippen molar-refractivity contribution in [2.24, 2.45) is 0 Å². The molecule has 6 aromatic carbocycles. The molecule has 250 valence electrons. The molecule has 0 saturated heterocycles. The first-order chi connectivity index (χ1) is 24.5. The van der Waals surface area contributed by atoms with Gasteiger partial charge in [-0.25, -0.2) is 9.59 Å².